The highest BCUT2D eigenvalue weighted by Crippen LogP contribution is 2.68. The monoisotopic (exact) mass is 317 g/mol. The van der Waals surface area contributed by atoms with Gasteiger partial charge in [0.15, 0.2) is 0 Å². The molecule has 4 aliphatic carbocycles. The second kappa shape index (κ2) is 4.27. The Labute approximate surface area is 140 Å². The van der Waals surface area contributed by atoms with Gasteiger partial charge in [0.25, 0.3) is 0 Å². The molecule has 1 saturated heterocycles. The Kier molecular flexibility index (Phi) is 2.34. The first-order chi connectivity index (χ1) is 11.8. The lowest BCUT2D eigenvalue weighted by molar-refractivity contribution is -0.129. The van der Waals surface area contributed by atoms with Crippen LogP contribution in [0.25, 0.3) is 10.8 Å². The summed E-state index contributed by atoms with van der Waals surface area (Å²) in [7, 11) is 0. The summed E-state index contributed by atoms with van der Waals surface area (Å²) in [5, 5.41) is 2.08. The van der Waals surface area contributed by atoms with Crippen molar-refractivity contribution in [3.8, 4) is 0 Å². The first-order valence-electron chi connectivity index (χ1n) is 9.11. The van der Waals surface area contributed by atoms with Crippen molar-refractivity contribution in [1.82, 2.24) is 0 Å². The molecule has 2 aromatic carbocycles. The van der Waals surface area contributed by atoms with E-state index in [1.165, 1.54) is 11.3 Å². The molecule has 0 aromatic heterocycles. The van der Waals surface area contributed by atoms with E-state index in [9.17, 15) is 9.59 Å². The number of hydrogen-bond donors (Lipinski definition) is 0. The molecule has 6 atom stereocenters. The molecule has 5 fully saturated rings. The van der Waals surface area contributed by atoms with Crippen LogP contribution in [-0.2, 0) is 9.59 Å². The molecule has 1 heterocycles. The molecule has 5 aliphatic rings. The number of rotatable bonds is 1. The van der Waals surface area contributed by atoms with Crippen LogP contribution in [0, 0.1) is 35.5 Å². The first kappa shape index (κ1) is 13.2. The van der Waals surface area contributed by atoms with Gasteiger partial charge in [0, 0.05) is 5.39 Å². The molecule has 3 heteroatoms. The van der Waals surface area contributed by atoms with Crippen molar-refractivity contribution in [1.29, 1.82) is 0 Å². The Hall–Kier alpha value is -2.16. The highest BCUT2D eigenvalue weighted by Gasteiger charge is 2.68. The van der Waals surface area contributed by atoms with Crippen LogP contribution in [0.3, 0.4) is 0 Å². The molecule has 0 spiro atoms. The van der Waals surface area contributed by atoms with Crippen molar-refractivity contribution in [2.45, 2.75) is 19.3 Å². The standard InChI is InChI=1S/C21H19NO2/c23-20-18-13-8-9-14(16-10-15(13)16)19(18)21(24)22(20)17-7-3-5-11-4-1-2-6-12(11)17/h1-7,13-16,18-19H,8-10H2/t13-,14+,15+,16-,18-,19+. The molecular weight excluding hydrogens is 298 g/mol. The van der Waals surface area contributed by atoms with Gasteiger partial charge in [0.05, 0.1) is 17.5 Å². The lowest BCUT2D eigenvalue weighted by atomic mass is 9.59. The average Bonchev–Trinajstić information content (AvgIpc) is 3.39. The highest BCUT2D eigenvalue weighted by atomic mass is 16.2. The number of hydrogen-bond acceptors (Lipinski definition) is 2. The van der Waals surface area contributed by atoms with Crippen LogP contribution < -0.4 is 4.90 Å². The summed E-state index contributed by atoms with van der Waals surface area (Å²) in [5.41, 5.74) is 0.783. The van der Waals surface area contributed by atoms with E-state index in [1.807, 2.05) is 42.5 Å². The molecule has 7 rings (SSSR count). The predicted molar refractivity (Wildman–Crippen MR) is 91.2 cm³/mol. The van der Waals surface area contributed by atoms with Gasteiger partial charge >= 0.3 is 0 Å². The highest BCUT2D eigenvalue weighted by molar-refractivity contribution is 6.25. The summed E-state index contributed by atoms with van der Waals surface area (Å²) >= 11 is 0. The minimum absolute atomic E-state index is 0.0426. The molecule has 24 heavy (non-hydrogen) atoms. The van der Waals surface area contributed by atoms with Gasteiger partial charge in [-0.1, -0.05) is 36.4 Å². The summed E-state index contributed by atoms with van der Waals surface area (Å²) in [4.78, 5) is 28.0. The lowest BCUT2D eigenvalue weighted by Gasteiger charge is -2.42. The average molecular weight is 317 g/mol. The fraction of sp³-hybridized carbons (Fsp3) is 0.429. The number of benzene rings is 2. The van der Waals surface area contributed by atoms with Crippen LogP contribution in [0.4, 0.5) is 5.69 Å². The largest absolute Gasteiger partial charge is 0.274 e. The maximum absolute atomic E-state index is 13.3. The first-order valence-corrected chi connectivity index (χ1v) is 9.11. The second-order valence-corrected chi connectivity index (χ2v) is 8.03. The van der Waals surface area contributed by atoms with Crippen LogP contribution in [0.2, 0.25) is 0 Å². The van der Waals surface area contributed by atoms with Gasteiger partial charge < -0.3 is 0 Å². The van der Waals surface area contributed by atoms with Gasteiger partial charge in [-0.05, 0) is 54.4 Å². The third kappa shape index (κ3) is 1.44. The van der Waals surface area contributed by atoms with E-state index in [0.717, 1.165) is 41.1 Å². The van der Waals surface area contributed by atoms with Gasteiger partial charge in [-0.3, -0.25) is 9.59 Å². The molecule has 1 aliphatic heterocycles. The van der Waals surface area contributed by atoms with E-state index < -0.39 is 0 Å². The molecule has 3 nitrogen and oxygen atoms in total. The van der Waals surface area contributed by atoms with Gasteiger partial charge in [0.1, 0.15) is 0 Å². The van der Waals surface area contributed by atoms with E-state index >= 15 is 0 Å². The fourth-order valence-electron chi connectivity index (χ4n) is 6.18. The Bertz CT molecular complexity index is 864. The number of carbonyl (C=O) groups is 2. The zero-order valence-corrected chi connectivity index (χ0v) is 13.4. The molecule has 2 aromatic rings. The summed E-state index contributed by atoms with van der Waals surface area (Å²) in [6.45, 7) is 0. The Morgan fingerprint density at radius 1 is 0.750 bits per heavy atom. The van der Waals surface area contributed by atoms with E-state index in [-0.39, 0.29) is 23.7 Å². The third-order valence-electron chi connectivity index (χ3n) is 7.15. The zero-order valence-electron chi connectivity index (χ0n) is 13.4. The normalized spacial score (nSPS) is 39.2. The van der Waals surface area contributed by atoms with Crippen LogP contribution in [-0.4, -0.2) is 11.8 Å². The molecule has 0 radical (unpaired) electrons. The maximum atomic E-state index is 13.3. The van der Waals surface area contributed by atoms with Gasteiger partial charge in [0.2, 0.25) is 11.8 Å². The Morgan fingerprint density at radius 2 is 1.38 bits per heavy atom. The molecule has 2 bridgehead atoms. The van der Waals surface area contributed by atoms with Crippen molar-refractivity contribution in [3.63, 3.8) is 0 Å². The van der Waals surface area contributed by atoms with E-state index in [1.54, 1.807) is 0 Å². The molecular formula is C21H19NO2. The van der Waals surface area contributed by atoms with Gasteiger partial charge in [-0.15, -0.1) is 0 Å². The molecule has 4 saturated carbocycles. The maximum Gasteiger partial charge on any atom is 0.238 e. The minimum atomic E-state index is -0.0426. The topological polar surface area (TPSA) is 37.4 Å². The van der Waals surface area contributed by atoms with Gasteiger partial charge in [-0.25, -0.2) is 4.90 Å². The van der Waals surface area contributed by atoms with Crippen molar-refractivity contribution in [3.05, 3.63) is 42.5 Å². The number of carbonyl (C=O) groups excluding carboxylic acids is 2. The van der Waals surface area contributed by atoms with Crippen molar-refractivity contribution in [2.75, 3.05) is 4.90 Å². The number of nitrogens with zero attached hydrogens (tertiary/aromatic N) is 1. The van der Waals surface area contributed by atoms with Crippen LogP contribution in [0.5, 0.6) is 0 Å². The number of anilines is 1. The van der Waals surface area contributed by atoms with Crippen LogP contribution in [0.15, 0.2) is 42.5 Å². The quantitative estimate of drug-likeness (QED) is 0.753. The van der Waals surface area contributed by atoms with Crippen molar-refractivity contribution >= 4 is 28.3 Å². The second-order valence-electron chi connectivity index (χ2n) is 8.03. The van der Waals surface area contributed by atoms with Crippen molar-refractivity contribution < 1.29 is 9.59 Å². The lowest BCUT2D eigenvalue weighted by Crippen LogP contribution is -2.43. The van der Waals surface area contributed by atoms with E-state index in [2.05, 4.69) is 0 Å². The van der Waals surface area contributed by atoms with Crippen LogP contribution >= 0.6 is 0 Å². The smallest absolute Gasteiger partial charge is 0.238 e. The van der Waals surface area contributed by atoms with Gasteiger partial charge in [-0.2, -0.15) is 0 Å². The summed E-state index contributed by atoms with van der Waals surface area (Å²) in [5.74, 6) is 2.44. The SMILES string of the molecule is O=C1[C@@H]2[C@@H]3CC[C@@H]([C@H]4C[C@H]43)[C@@H]2C(=O)N1c1cccc2ccccc12. The third-order valence-corrected chi connectivity index (χ3v) is 7.15. The number of fused-ring (bicyclic) bond motifs is 2. The number of imide groups is 1. The Morgan fingerprint density at radius 3 is 2.08 bits per heavy atom. The summed E-state index contributed by atoms with van der Waals surface area (Å²) in [6, 6.07) is 13.9. The number of amides is 2. The summed E-state index contributed by atoms with van der Waals surface area (Å²) in [6.07, 6.45) is 3.56. The summed E-state index contributed by atoms with van der Waals surface area (Å²) < 4.78 is 0. The predicted octanol–water partition coefficient (Wildman–Crippen LogP) is 3.62. The fourth-order valence-corrected chi connectivity index (χ4v) is 6.18. The van der Waals surface area contributed by atoms with E-state index in [0.29, 0.717) is 11.8 Å². The molecule has 120 valence electrons. The van der Waals surface area contributed by atoms with Crippen molar-refractivity contribution in [2.24, 2.45) is 35.5 Å². The molecule has 0 unspecified atom stereocenters. The van der Waals surface area contributed by atoms with E-state index in [4.69, 9.17) is 0 Å². The minimum Gasteiger partial charge on any atom is -0.274 e. The molecule has 0 N–H and O–H groups in total. The zero-order chi connectivity index (χ0) is 16.0. The Balaban J connectivity index is 1.51. The molecule has 2 amide bonds. The van der Waals surface area contributed by atoms with Crippen LogP contribution in [0.1, 0.15) is 19.3 Å².